The SMILES string of the molecule is CC1(C)[C@H]2CC[C@]1(CS(=O)(=O)O)C(=O)C2=O. The van der Waals surface area contributed by atoms with Gasteiger partial charge in [-0.25, -0.2) is 0 Å². The molecule has 2 rings (SSSR count). The van der Waals surface area contributed by atoms with Gasteiger partial charge in [0.15, 0.2) is 0 Å². The van der Waals surface area contributed by atoms with Crippen LogP contribution in [0.5, 0.6) is 0 Å². The van der Waals surface area contributed by atoms with Gasteiger partial charge in [0.1, 0.15) is 0 Å². The van der Waals surface area contributed by atoms with E-state index in [1.165, 1.54) is 0 Å². The smallest absolute Gasteiger partial charge is 0.265 e. The van der Waals surface area contributed by atoms with Gasteiger partial charge >= 0.3 is 0 Å². The van der Waals surface area contributed by atoms with Crippen molar-refractivity contribution in [2.75, 3.05) is 5.75 Å². The molecule has 6 heteroatoms. The number of hydrogen-bond donors (Lipinski definition) is 1. The van der Waals surface area contributed by atoms with Gasteiger partial charge in [0.25, 0.3) is 10.1 Å². The molecule has 0 heterocycles. The molecular formula is C10H14O5S. The van der Waals surface area contributed by atoms with Crippen molar-refractivity contribution in [3.8, 4) is 0 Å². The molecule has 2 atom stereocenters. The molecule has 0 radical (unpaired) electrons. The van der Waals surface area contributed by atoms with E-state index in [4.69, 9.17) is 4.55 Å². The van der Waals surface area contributed by atoms with Crippen molar-refractivity contribution in [3.05, 3.63) is 0 Å². The van der Waals surface area contributed by atoms with E-state index >= 15 is 0 Å². The Morgan fingerprint density at radius 1 is 1.38 bits per heavy atom. The molecule has 0 unspecified atom stereocenters. The minimum Gasteiger partial charge on any atom is -0.291 e. The Morgan fingerprint density at radius 3 is 2.31 bits per heavy atom. The van der Waals surface area contributed by atoms with Crippen molar-refractivity contribution >= 4 is 21.7 Å². The zero-order valence-corrected chi connectivity index (χ0v) is 10.0. The highest BCUT2D eigenvalue weighted by Gasteiger charge is 2.69. The van der Waals surface area contributed by atoms with E-state index < -0.39 is 38.3 Å². The number of fused-ring (bicyclic) bond motifs is 2. The molecule has 0 aromatic heterocycles. The second-order valence-corrected chi connectivity index (χ2v) is 6.77. The number of Topliss-reactive ketones (excluding diaryl/α,β-unsaturated/α-hetero) is 2. The monoisotopic (exact) mass is 246 g/mol. The lowest BCUT2D eigenvalue weighted by molar-refractivity contribution is -0.141. The van der Waals surface area contributed by atoms with Crippen molar-refractivity contribution < 1.29 is 22.6 Å². The molecule has 0 amide bonds. The second-order valence-electron chi connectivity index (χ2n) is 5.31. The third-order valence-electron chi connectivity index (χ3n) is 4.37. The molecule has 1 N–H and O–H groups in total. The fourth-order valence-corrected chi connectivity index (χ4v) is 4.57. The number of hydrogen-bond acceptors (Lipinski definition) is 4. The Bertz CT molecular complexity index is 475. The van der Waals surface area contributed by atoms with E-state index in [9.17, 15) is 18.0 Å². The zero-order valence-electron chi connectivity index (χ0n) is 9.19. The summed E-state index contributed by atoms with van der Waals surface area (Å²) in [7, 11) is -4.25. The van der Waals surface area contributed by atoms with Crippen LogP contribution >= 0.6 is 0 Å². The topological polar surface area (TPSA) is 88.5 Å². The summed E-state index contributed by atoms with van der Waals surface area (Å²) in [5, 5.41) is 0. The number of carbonyl (C=O) groups excluding carboxylic acids is 2. The van der Waals surface area contributed by atoms with E-state index in [0.29, 0.717) is 12.8 Å². The minimum atomic E-state index is -4.25. The summed E-state index contributed by atoms with van der Waals surface area (Å²) in [4.78, 5) is 23.5. The van der Waals surface area contributed by atoms with E-state index in [0.717, 1.165) is 0 Å². The van der Waals surface area contributed by atoms with Crippen LogP contribution < -0.4 is 0 Å². The quantitative estimate of drug-likeness (QED) is 0.564. The van der Waals surface area contributed by atoms with Crippen molar-refractivity contribution in [1.29, 1.82) is 0 Å². The fourth-order valence-electron chi connectivity index (χ4n) is 3.30. The summed E-state index contributed by atoms with van der Waals surface area (Å²) in [6.45, 7) is 3.47. The van der Waals surface area contributed by atoms with Crippen LogP contribution in [0.3, 0.4) is 0 Å². The van der Waals surface area contributed by atoms with Gasteiger partial charge in [0.05, 0.1) is 11.2 Å². The highest BCUT2D eigenvalue weighted by molar-refractivity contribution is 7.85. The van der Waals surface area contributed by atoms with Crippen LogP contribution in [-0.4, -0.2) is 30.3 Å². The molecule has 0 aliphatic heterocycles. The average Bonchev–Trinajstić information content (AvgIpc) is 2.39. The summed E-state index contributed by atoms with van der Waals surface area (Å²) in [5.41, 5.74) is -1.88. The first-order valence-corrected chi connectivity index (χ1v) is 6.76. The lowest BCUT2D eigenvalue weighted by Gasteiger charge is -2.34. The molecular weight excluding hydrogens is 232 g/mol. The van der Waals surface area contributed by atoms with Gasteiger partial charge in [-0.1, -0.05) is 13.8 Å². The van der Waals surface area contributed by atoms with Gasteiger partial charge in [0.2, 0.25) is 11.6 Å². The van der Waals surface area contributed by atoms with Crippen molar-refractivity contribution in [2.24, 2.45) is 16.7 Å². The second kappa shape index (κ2) is 2.92. The maximum absolute atomic E-state index is 11.9. The number of rotatable bonds is 2. The molecule has 16 heavy (non-hydrogen) atoms. The summed E-state index contributed by atoms with van der Waals surface area (Å²) >= 11 is 0. The normalized spacial score (nSPS) is 37.1. The van der Waals surface area contributed by atoms with Crippen molar-refractivity contribution in [1.82, 2.24) is 0 Å². The Hall–Kier alpha value is -0.750. The third kappa shape index (κ3) is 1.23. The predicted octanol–water partition coefficient (Wildman–Crippen LogP) is 0.449. The molecule has 0 spiro atoms. The first kappa shape index (κ1) is 11.7. The van der Waals surface area contributed by atoms with Crippen LogP contribution in [0.4, 0.5) is 0 Å². The molecule has 90 valence electrons. The lowest BCUT2D eigenvalue weighted by atomic mass is 9.70. The molecule has 2 aliphatic carbocycles. The van der Waals surface area contributed by atoms with E-state index in [1.807, 2.05) is 0 Å². The van der Waals surface area contributed by atoms with Crippen molar-refractivity contribution in [2.45, 2.75) is 26.7 Å². The molecule has 2 bridgehead atoms. The first-order valence-electron chi connectivity index (χ1n) is 5.16. The van der Waals surface area contributed by atoms with Gasteiger partial charge in [-0.15, -0.1) is 0 Å². The van der Waals surface area contributed by atoms with Crippen LogP contribution in [0.15, 0.2) is 0 Å². The van der Waals surface area contributed by atoms with Crippen molar-refractivity contribution in [3.63, 3.8) is 0 Å². The van der Waals surface area contributed by atoms with Crippen LogP contribution in [0.25, 0.3) is 0 Å². The van der Waals surface area contributed by atoms with Crippen LogP contribution in [0.2, 0.25) is 0 Å². The molecule has 0 saturated heterocycles. The molecule has 2 aliphatic rings. The van der Waals surface area contributed by atoms with Crippen LogP contribution in [-0.2, 0) is 19.7 Å². The van der Waals surface area contributed by atoms with E-state index in [1.54, 1.807) is 13.8 Å². The Morgan fingerprint density at radius 2 is 1.94 bits per heavy atom. The maximum atomic E-state index is 11.9. The van der Waals surface area contributed by atoms with E-state index in [2.05, 4.69) is 0 Å². The summed E-state index contributed by atoms with van der Waals surface area (Å²) in [5.74, 6) is -2.11. The molecule has 2 saturated carbocycles. The van der Waals surface area contributed by atoms with Gasteiger partial charge < -0.3 is 0 Å². The average molecular weight is 246 g/mol. The summed E-state index contributed by atoms with van der Waals surface area (Å²) < 4.78 is 30.9. The maximum Gasteiger partial charge on any atom is 0.265 e. The van der Waals surface area contributed by atoms with Gasteiger partial charge in [0, 0.05) is 5.92 Å². The summed E-state index contributed by atoms with van der Waals surface area (Å²) in [6, 6.07) is 0. The predicted molar refractivity (Wildman–Crippen MR) is 55.4 cm³/mol. The third-order valence-corrected chi connectivity index (χ3v) is 5.23. The Kier molecular flexibility index (Phi) is 2.14. The molecule has 5 nitrogen and oxygen atoms in total. The number of carbonyl (C=O) groups is 2. The van der Waals surface area contributed by atoms with Gasteiger partial charge in [-0.3, -0.25) is 14.1 Å². The molecule has 0 aromatic carbocycles. The standard InChI is InChI=1S/C10H14O5S/c1-9(2)6-3-4-10(9,5-16(13,14)15)8(12)7(6)11/h6H,3-5H2,1-2H3,(H,13,14,15)/t6-,10-/m0/s1. The van der Waals surface area contributed by atoms with Crippen LogP contribution in [0.1, 0.15) is 26.7 Å². The number of ketones is 2. The van der Waals surface area contributed by atoms with Gasteiger partial charge in [-0.05, 0) is 18.3 Å². The largest absolute Gasteiger partial charge is 0.291 e. The van der Waals surface area contributed by atoms with E-state index in [-0.39, 0.29) is 5.92 Å². The molecule has 0 aromatic rings. The zero-order chi connectivity index (χ0) is 12.4. The fraction of sp³-hybridized carbons (Fsp3) is 0.800. The summed E-state index contributed by atoms with van der Waals surface area (Å²) in [6.07, 6.45) is 0.905. The highest BCUT2D eigenvalue weighted by Crippen LogP contribution is 2.62. The highest BCUT2D eigenvalue weighted by atomic mass is 32.2. The first-order chi connectivity index (χ1) is 7.12. The minimum absolute atomic E-state index is 0.370. The van der Waals surface area contributed by atoms with Crippen LogP contribution in [0, 0.1) is 16.7 Å². The van der Waals surface area contributed by atoms with Gasteiger partial charge in [-0.2, -0.15) is 8.42 Å². The molecule has 2 fully saturated rings. The Labute approximate surface area is 94.0 Å². The lowest BCUT2D eigenvalue weighted by Crippen LogP contribution is -2.43. The Balaban J connectivity index is 2.54.